The number of aromatic hydroxyl groups is 3. The Morgan fingerprint density at radius 3 is 1.89 bits per heavy atom. The molecule has 0 aliphatic rings. The molecule has 0 saturated carbocycles. The van der Waals surface area contributed by atoms with E-state index in [4.69, 9.17) is 0 Å². The molecule has 2 aromatic rings. The Bertz CT molecular complexity index is 848. The third kappa shape index (κ3) is 4.63. The molecular formula is C17H12F6O4. The molecule has 0 aliphatic heterocycles. The lowest BCUT2D eigenvalue weighted by atomic mass is 9.96. The molecule has 4 nitrogen and oxygen atoms in total. The summed E-state index contributed by atoms with van der Waals surface area (Å²) in [4.78, 5) is 12.1. The van der Waals surface area contributed by atoms with Gasteiger partial charge in [0.25, 0.3) is 0 Å². The van der Waals surface area contributed by atoms with E-state index in [1.54, 1.807) is 0 Å². The van der Waals surface area contributed by atoms with Crippen LogP contribution in [0.4, 0.5) is 26.3 Å². The minimum Gasteiger partial charge on any atom is -0.508 e. The Morgan fingerprint density at radius 1 is 0.852 bits per heavy atom. The van der Waals surface area contributed by atoms with Crippen LogP contribution >= 0.6 is 0 Å². The van der Waals surface area contributed by atoms with Gasteiger partial charge in [-0.15, -0.1) is 0 Å². The molecule has 0 heterocycles. The predicted molar refractivity (Wildman–Crippen MR) is 80.5 cm³/mol. The summed E-state index contributed by atoms with van der Waals surface area (Å²) >= 11 is 0. The first kappa shape index (κ1) is 20.4. The second-order valence-corrected chi connectivity index (χ2v) is 5.65. The van der Waals surface area contributed by atoms with Crippen molar-refractivity contribution in [2.45, 2.75) is 25.2 Å². The number of hydrogen-bond acceptors (Lipinski definition) is 4. The highest BCUT2D eigenvalue weighted by atomic mass is 19.4. The van der Waals surface area contributed by atoms with Crippen LogP contribution in [0.2, 0.25) is 0 Å². The SMILES string of the molecule is O=C(CCc1ccc(C(F)(F)F)cc1C(F)(F)F)c1c(O)cc(O)cc1O. The summed E-state index contributed by atoms with van der Waals surface area (Å²) in [6.07, 6.45) is -11.2. The number of carbonyl (C=O) groups excluding carboxylic acids is 1. The van der Waals surface area contributed by atoms with Crippen LogP contribution in [0, 0.1) is 0 Å². The molecule has 0 saturated heterocycles. The van der Waals surface area contributed by atoms with E-state index in [1.165, 1.54) is 0 Å². The molecule has 146 valence electrons. The zero-order valence-corrected chi connectivity index (χ0v) is 13.3. The standard InChI is InChI=1S/C17H12F6O4/c18-16(19,20)9-3-1-8(11(5-9)17(21,22)23)2-4-12(25)15-13(26)6-10(24)7-14(15)27/h1,3,5-7,24,26-27H,2,4H2. The van der Waals surface area contributed by atoms with Crippen molar-refractivity contribution in [3.63, 3.8) is 0 Å². The zero-order chi connectivity index (χ0) is 20.6. The fourth-order valence-electron chi connectivity index (χ4n) is 2.49. The van der Waals surface area contributed by atoms with Gasteiger partial charge in [0.05, 0.1) is 11.1 Å². The van der Waals surface area contributed by atoms with Gasteiger partial charge < -0.3 is 15.3 Å². The Kier molecular flexibility index (Phi) is 5.30. The average molecular weight is 394 g/mol. The van der Waals surface area contributed by atoms with Gasteiger partial charge in [-0.3, -0.25) is 4.79 Å². The van der Waals surface area contributed by atoms with E-state index in [-0.39, 0.29) is 6.07 Å². The molecule has 27 heavy (non-hydrogen) atoms. The van der Waals surface area contributed by atoms with E-state index < -0.39 is 70.5 Å². The van der Waals surface area contributed by atoms with Gasteiger partial charge >= 0.3 is 12.4 Å². The van der Waals surface area contributed by atoms with Crippen molar-refractivity contribution in [2.24, 2.45) is 0 Å². The van der Waals surface area contributed by atoms with Gasteiger partial charge in [0, 0.05) is 18.6 Å². The molecule has 0 fully saturated rings. The molecule has 2 aromatic carbocycles. The van der Waals surface area contributed by atoms with Gasteiger partial charge in [-0.2, -0.15) is 26.3 Å². The van der Waals surface area contributed by atoms with Crippen molar-refractivity contribution < 1.29 is 46.5 Å². The number of benzene rings is 2. The minimum absolute atomic E-state index is 0.0324. The second-order valence-electron chi connectivity index (χ2n) is 5.65. The molecule has 0 aromatic heterocycles. The van der Waals surface area contributed by atoms with Crippen LogP contribution in [-0.2, 0) is 18.8 Å². The number of alkyl halides is 6. The van der Waals surface area contributed by atoms with Crippen molar-refractivity contribution in [1.82, 2.24) is 0 Å². The number of phenols is 3. The third-order valence-electron chi connectivity index (χ3n) is 3.72. The fraction of sp³-hybridized carbons (Fsp3) is 0.235. The second kappa shape index (κ2) is 7.01. The monoisotopic (exact) mass is 394 g/mol. The lowest BCUT2D eigenvalue weighted by Gasteiger charge is -2.16. The summed E-state index contributed by atoms with van der Waals surface area (Å²) in [7, 11) is 0. The van der Waals surface area contributed by atoms with Crippen molar-refractivity contribution >= 4 is 5.78 Å². The molecule has 2 rings (SSSR count). The maximum atomic E-state index is 13.1. The van der Waals surface area contributed by atoms with Crippen LogP contribution in [0.25, 0.3) is 0 Å². The number of halogens is 6. The summed E-state index contributed by atoms with van der Waals surface area (Å²) in [6.45, 7) is 0. The van der Waals surface area contributed by atoms with E-state index in [9.17, 15) is 46.5 Å². The van der Waals surface area contributed by atoms with E-state index in [2.05, 4.69) is 0 Å². The first-order valence-electron chi connectivity index (χ1n) is 7.36. The number of phenolic OH excluding ortho intramolecular Hbond substituents is 3. The number of Topliss-reactive ketones (excluding diaryl/α,β-unsaturated/α-hetero) is 1. The number of hydrogen-bond donors (Lipinski definition) is 3. The summed E-state index contributed by atoms with van der Waals surface area (Å²) < 4.78 is 77.2. The fourth-order valence-corrected chi connectivity index (χ4v) is 2.49. The van der Waals surface area contributed by atoms with E-state index >= 15 is 0 Å². The number of aryl methyl sites for hydroxylation is 1. The normalized spacial score (nSPS) is 12.2. The van der Waals surface area contributed by atoms with Gasteiger partial charge in [-0.05, 0) is 24.1 Å². The van der Waals surface area contributed by atoms with Gasteiger partial charge in [0.1, 0.15) is 22.8 Å². The molecule has 0 amide bonds. The molecule has 3 N–H and O–H groups in total. The highest BCUT2D eigenvalue weighted by Gasteiger charge is 2.38. The van der Waals surface area contributed by atoms with Crippen LogP contribution in [-0.4, -0.2) is 21.1 Å². The van der Waals surface area contributed by atoms with Crippen molar-refractivity contribution in [3.05, 3.63) is 52.6 Å². The van der Waals surface area contributed by atoms with Gasteiger partial charge in [-0.25, -0.2) is 0 Å². The van der Waals surface area contributed by atoms with Gasteiger partial charge in [0.15, 0.2) is 5.78 Å². The lowest BCUT2D eigenvalue weighted by Crippen LogP contribution is -2.14. The molecular weight excluding hydrogens is 382 g/mol. The zero-order valence-electron chi connectivity index (χ0n) is 13.3. The van der Waals surface area contributed by atoms with Gasteiger partial charge in [0.2, 0.25) is 0 Å². The van der Waals surface area contributed by atoms with Crippen LogP contribution in [0.5, 0.6) is 17.2 Å². The van der Waals surface area contributed by atoms with Crippen LogP contribution in [0.15, 0.2) is 30.3 Å². The van der Waals surface area contributed by atoms with Crippen LogP contribution in [0.1, 0.15) is 33.5 Å². The first-order chi connectivity index (χ1) is 12.3. The van der Waals surface area contributed by atoms with Gasteiger partial charge in [-0.1, -0.05) is 6.07 Å². The molecule has 0 bridgehead atoms. The minimum atomic E-state index is -5.07. The maximum Gasteiger partial charge on any atom is 0.416 e. The molecule has 10 heteroatoms. The highest BCUT2D eigenvalue weighted by Crippen LogP contribution is 2.38. The molecule has 0 aliphatic carbocycles. The summed E-state index contributed by atoms with van der Waals surface area (Å²) in [5.41, 5.74) is -4.14. The average Bonchev–Trinajstić information content (AvgIpc) is 2.49. The number of carbonyl (C=O) groups is 1. The summed E-state index contributed by atoms with van der Waals surface area (Å²) in [6, 6.07) is 2.59. The Labute approximate surface area is 148 Å². The van der Waals surface area contributed by atoms with E-state index in [1.807, 2.05) is 0 Å². The molecule has 0 atom stereocenters. The highest BCUT2D eigenvalue weighted by molar-refractivity contribution is 6.01. The summed E-state index contributed by atoms with van der Waals surface area (Å²) in [5, 5.41) is 28.4. The number of ketones is 1. The van der Waals surface area contributed by atoms with Crippen molar-refractivity contribution in [3.8, 4) is 17.2 Å². The smallest absolute Gasteiger partial charge is 0.416 e. The maximum absolute atomic E-state index is 13.1. The van der Waals surface area contributed by atoms with E-state index in [0.29, 0.717) is 12.1 Å². The number of rotatable bonds is 4. The topological polar surface area (TPSA) is 77.8 Å². The first-order valence-corrected chi connectivity index (χ1v) is 7.36. The largest absolute Gasteiger partial charge is 0.508 e. The third-order valence-corrected chi connectivity index (χ3v) is 3.72. The predicted octanol–water partition coefficient (Wildman–Crippen LogP) is 4.66. The van der Waals surface area contributed by atoms with Crippen molar-refractivity contribution in [2.75, 3.05) is 0 Å². The Balaban J connectivity index is 2.32. The van der Waals surface area contributed by atoms with E-state index in [0.717, 1.165) is 12.1 Å². The van der Waals surface area contributed by atoms with Crippen molar-refractivity contribution in [1.29, 1.82) is 0 Å². The molecule has 0 radical (unpaired) electrons. The molecule has 0 spiro atoms. The Morgan fingerprint density at radius 2 is 1.41 bits per heavy atom. The Hall–Kier alpha value is -2.91. The molecule has 0 unspecified atom stereocenters. The van der Waals surface area contributed by atoms with Crippen LogP contribution in [0.3, 0.4) is 0 Å². The van der Waals surface area contributed by atoms with Crippen LogP contribution < -0.4 is 0 Å². The quantitative estimate of drug-likeness (QED) is 0.521. The lowest BCUT2D eigenvalue weighted by molar-refractivity contribution is -0.143. The summed E-state index contributed by atoms with van der Waals surface area (Å²) in [5.74, 6) is -3.04.